The van der Waals surface area contributed by atoms with Crippen LogP contribution < -0.4 is 10.1 Å². The van der Waals surface area contributed by atoms with Crippen molar-refractivity contribution in [2.24, 2.45) is 0 Å². The van der Waals surface area contributed by atoms with Crippen molar-refractivity contribution in [3.05, 3.63) is 54.1 Å². The van der Waals surface area contributed by atoms with Crippen LogP contribution >= 0.6 is 0 Å². The fraction of sp³-hybridized carbons (Fsp3) is 0.133. The fourth-order valence-corrected chi connectivity index (χ4v) is 1.78. The Kier molecular flexibility index (Phi) is 4.03. The molecule has 2 N–H and O–H groups in total. The molecular weight excluding hydrogens is 242 g/mol. The highest BCUT2D eigenvalue weighted by Crippen LogP contribution is 2.26. The van der Waals surface area contributed by atoms with Gasteiger partial charge in [-0.05, 0) is 29.8 Å². The SMILES string of the molecule is COc1ccccc1Nc1ccc(CC(=O)O)cc1. The molecule has 0 amide bonds. The van der Waals surface area contributed by atoms with Gasteiger partial charge in [-0.1, -0.05) is 24.3 Å². The maximum Gasteiger partial charge on any atom is 0.307 e. The molecule has 0 aliphatic carbocycles. The van der Waals surface area contributed by atoms with Gasteiger partial charge < -0.3 is 15.2 Å². The summed E-state index contributed by atoms with van der Waals surface area (Å²) < 4.78 is 5.25. The number of aliphatic carboxylic acids is 1. The van der Waals surface area contributed by atoms with Gasteiger partial charge in [-0.25, -0.2) is 0 Å². The highest BCUT2D eigenvalue weighted by Gasteiger charge is 2.03. The first-order valence-electron chi connectivity index (χ1n) is 5.90. The van der Waals surface area contributed by atoms with Crippen LogP contribution in [0.2, 0.25) is 0 Å². The summed E-state index contributed by atoms with van der Waals surface area (Å²) in [5, 5.41) is 11.9. The minimum absolute atomic E-state index is 0.0366. The predicted molar refractivity (Wildman–Crippen MR) is 74.1 cm³/mol. The lowest BCUT2D eigenvalue weighted by Crippen LogP contribution is -2.00. The van der Waals surface area contributed by atoms with Crippen LogP contribution in [-0.4, -0.2) is 18.2 Å². The molecule has 0 aliphatic heterocycles. The molecule has 4 nitrogen and oxygen atoms in total. The molecule has 2 aromatic carbocycles. The van der Waals surface area contributed by atoms with Crippen molar-refractivity contribution in [2.45, 2.75) is 6.42 Å². The largest absolute Gasteiger partial charge is 0.495 e. The van der Waals surface area contributed by atoms with Gasteiger partial charge in [-0.15, -0.1) is 0 Å². The van der Waals surface area contributed by atoms with Gasteiger partial charge in [-0.3, -0.25) is 4.79 Å². The fourth-order valence-electron chi connectivity index (χ4n) is 1.78. The topological polar surface area (TPSA) is 58.6 Å². The van der Waals surface area contributed by atoms with Crippen LogP contribution in [0.25, 0.3) is 0 Å². The van der Waals surface area contributed by atoms with E-state index in [0.717, 1.165) is 22.7 Å². The van der Waals surface area contributed by atoms with Gasteiger partial charge in [0.15, 0.2) is 0 Å². The van der Waals surface area contributed by atoms with Gasteiger partial charge in [-0.2, -0.15) is 0 Å². The van der Waals surface area contributed by atoms with Crippen molar-refractivity contribution in [1.29, 1.82) is 0 Å². The molecule has 0 aliphatic rings. The van der Waals surface area contributed by atoms with E-state index < -0.39 is 5.97 Å². The predicted octanol–water partition coefficient (Wildman–Crippen LogP) is 3.07. The van der Waals surface area contributed by atoms with E-state index in [1.165, 1.54) is 0 Å². The summed E-state index contributed by atoms with van der Waals surface area (Å²) >= 11 is 0. The summed E-state index contributed by atoms with van der Waals surface area (Å²) in [6.07, 6.45) is 0.0366. The molecule has 0 unspecified atom stereocenters. The first kappa shape index (κ1) is 13.0. The zero-order chi connectivity index (χ0) is 13.7. The number of anilines is 2. The summed E-state index contributed by atoms with van der Waals surface area (Å²) in [5.41, 5.74) is 2.53. The molecule has 0 spiro atoms. The van der Waals surface area contributed by atoms with Crippen LogP contribution in [0, 0.1) is 0 Å². The van der Waals surface area contributed by atoms with Crippen LogP contribution in [0.4, 0.5) is 11.4 Å². The molecule has 0 aromatic heterocycles. The van der Waals surface area contributed by atoms with Crippen LogP contribution in [0.1, 0.15) is 5.56 Å². The minimum Gasteiger partial charge on any atom is -0.495 e. The normalized spacial score (nSPS) is 9.95. The second-order valence-electron chi connectivity index (χ2n) is 4.09. The van der Waals surface area contributed by atoms with Crippen molar-refractivity contribution in [3.63, 3.8) is 0 Å². The summed E-state index contributed by atoms with van der Waals surface area (Å²) in [5.74, 6) is -0.0671. The average Bonchev–Trinajstić information content (AvgIpc) is 2.41. The smallest absolute Gasteiger partial charge is 0.307 e. The van der Waals surface area contributed by atoms with Crippen LogP contribution in [0.15, 0.2) is 48.5 Å². The third-order valence-corrected chi connectivity index (χ3v) is 2.70. The molecule has 0 heterocycles. The first-order chi connectivity index (χ1) is 9.19. The molecule has 98 valence electrons. The number of hydrogen-bond donors (Lipinski definition) is 2. The van der Waals surface area contributed by atoms with E-state index in [2.05, 4.69) is 5.32 Å². The maximum atomic E-state index is 10.6. The number of carboxylic acid groups (broad SMARTS) is 1. The molecule has 0 atom stereocenters. The lowest BCUT2D eigenvalue weighted by molar-refractivity contribution is -0.136. The van der Waals surface area contributed by atoms with E-state index in [1.54, 1.807) is 19.2 Å². The summed E-state index contributed by atoms with van der Waals surface area (Å²) in [4.78, 5) is 10.6. The number of ether oxygens (including phenoxy) is 1. The van der Waals surface area contributed by atoms with E-state index in [0.29, 0.717) is 0 Å². The lowest BCUT2D eigenvalue weighted by atomic mass is 10.1. The average molecular weight is 257 g/mol. The molecule has 0 fully saturated rings. The molecule has 0 saturated heterocycles. The second kappa shape index (κ2) is 5.91. The van der Waals surface area contributed by atoms with E-state index in [9.17, 15) is 4.79 Å². The van der Waals surface area contributed by atoms with E-state index in [4.69, 9.17) is 9.84 Å². The molecule has 0 bridgehead atoms. The molecule has 0 radical (unpaired) electrons. The summed E-state index contributed by atoms with van der Waals surface area (Å²) in [6.45, 7) is 0. The van der Waals surface area contributed by atoms with Crippen molar-refractivity contribution in [1.82, 2.24) is 0 Å². The quantitative estimate of drug-likeness (QED) is 0.864. The zero-order valence-electron chi connectivity index (χ0n) is 10.6. The monoisotopic (exact) mass is 257 g/mol. The van der Waals surface area contributed by atoms with Gasteiger partial charge in [0, 0.05) is 5.69 Å². The molecule has 2 aromatic rings. The van der Waals surface area contributed by atoms with Crippen molar-refractivity contribution < 1.29 is 14.6 Å². The summed E-state index contributed by atoms with van der Waals surface area (Å²) in [7, 11) is 1.62. The Hall–Kier alpha value is -2.49. The van der Waals surface area contributed by atoms with E-state index in [1.807, 2.05) is 36.4 Å². The van der Waals surface area contributed by atoms with E-state index in [-0.39, 0.29) is 6.42 Å². The molecule has 4 heteroatoms. The van der Waals surface area contributed by atoms with Gasteiger partial charge >= 0.3 is 5.97 Å². The number of nitrogens with one attached hydrogen (secondary N) is 1. The van der Waals surface area contributed by atoms with Crippen LogP contribution in [0.3, 0.4) is 0 Å². The Labute approximate surface area is 111 Å². The number of rotatable bonds is 5. The number of para-hydroxylation sites is 2. The molecule has 2 rings (SSSR count). The van der Waals surface area contributed by atoms with E-state index >= 15 is 0 Å². The Bertz CT molecular complexity index is 564. The standard InChI is InChI=1S/C15H15NO3/c1-19-14-5-3-2-4-13(14)16-12-8-6-11(7-9-12)10-15(17)18/h2-9,16H,10H2,1H3,(H,17,18). The third kappa shape index (κ3) is 3.48. The maximum absolute atomic E-state index is 10.6. The highest BCUT2D eigenvalue weighted by molar-refractivity contribution is 5.71. The first-order valence-corrected chi connectivity index (χ1v) is 5.90. The van der Waals surface area contributed by atoms with Crippen molar-refractivity contribution >= 4 is 17.3 Å². The zero-order valence-corrected chi connectivity index (χ0v) is 10.6. The second-order valence-corrected chi connectivity index (χ2v) is 4.09. The van der Waals surface area contributed by atoms with Crippen LogP contribution in [-0.2, 0) is 11.2 Å². The number of hydrogen-bond acceptors (Lipinski definition) is 3. The Morgan fingerprint density at radius 2 is 1.84 bits per heavy atom. The minimum atomic E-state index is -0.828. The number of carbonyl (C=O) groups is 1. The van der Waals surface area contributed by atoms with Crippen molar-refractivity contribution in [3.8, 4) is 5.75 Å². The van der Waals surface area contributed by atoms with Crippen LogP contribution in [0.5, 0.6) is 5.75 Å². The molecule has 0 saturated carbocycles. The van der Waals surface area contributed by atoms with Gasteiger partial charge in [0.2, 0.25) is 0 Å². The molecular formula is C15H15NO3. The number of benzene rings is 2. The Morgan fingerprint density at radius 3 is 2.47 bits per heavy atom. The van der Waals surface area contributed by atoms with Gasteiger partial charge in [0.1, 0.15) is 5.75 Å². The van der Waals surface area contributed by atoms with Gasteiger partial charge in [0.25, 0.3) is 0 Å². The number of carboxylic acids is 1. The Morgan fingerprint density at radius 1 is 1.16 bits per heavy atom. The lowest BCUT2D eigenvalue weighted by Gasteiger charge is -2.11. The number of methoxy groups -OCH3 is 1. The Balaban J connectivity index is 2.13. The molecule has 19 heavy (non-hydrogen) atoms. The summed E-state index contributed by atoms with van der Waals surface area (Å²) in [6, 6.07) is 14.9. The van der Waals surface area contributed by atoms with Crippen molar-refractivity contribution in [2.75, 3.05) is 12.4 Å². The third-order valence-electron chi connectivity index (χ3n) is 2.70. The van der Waals surface area contributed by atoms with Gasteiger partial charge in [0.05, 0.1) is 19.2 Å². The highest BCUT2D eigenvalue weighted by atomic mass is 16.5.